The van der Waals surface area contributed by atoms with Crippen LogP contribution in [0, 0.1) is 17.0 Å². The molecule has 2 rings (SSSR count). The highest BCUT2D eigenvalue weighted by Gasteiger charge is 2.10. The predicted octanol–water partition coefficient (Wildman–Crippen LogP) is 3.51. The summed E-state index contributed by atoms with van der Waals surface area (Å²) in [6.07, 6.45) is -0.700. The Labute approximate surface area is 115 Å². The number of hydrogen-bond acceptors (Lipinski definition) is 4. The first-order valence-electron chi connectivity index (χ1n) is 5.84. The lowest BCUT2D eigenvalue weighted by molar-refractivity contribution is -0.384. The van der Waals surface area contributed by atoms with Crippen molar-refractivity contribution >= 4 is 17.5 Å². The van der Waals surface area contributed by atoms with Crippen molar-refractivity contribution in [3.8, 4) is 5.75 Å². The first-order chi connectivity index (χ1) is 9.54. The molecule has 0 fully saturated rings. The molecule has 2 aromatic rings. The number of ether oxygens (including phenoxy) is 1. The van der Waals surface area contributed by atoms with Crippen molar-refractivity contribution < 1.29 is 14.5 Å². The van der Waals surface area contributed by atoms with E-state index in [1.807, 2.05) is 19.1 Å². The van der Waals surface area contributed by atoms with Crippen LogP contribution in [0.15, 0.2) is 48.5 Å². The van der Waals surface area contributed by atoms with Crippen LogP contribution >= 0.6 is 0 Å². The van der Waals surface area contributed by atoms with Gasteiger partial charge in [0.2, 0.25) is 0 Å². The number of non-ortho nitro benzene ring substituents is 1. The van der Waals surface area contributed by atoms with Gasteiger partial charge in [-0.2, -0.15) is 0 Å². The molecule has 0 saturated heterocycles. The average molecular weight is 272 g/mol. The number of benzene rings is 2. The maximum atomic E-state index is 11.6. The number of carbonyl (C=O) groups is 1. The number of amides is 1. The van der Waals surface area contributed by atoms with Gasteiger partial charge in [0.25, 0.3) is 5.69 Å². The fourth-order valence-electron chi connectivity index (χ4n) is 1.55. The zero-order valence-electron chi connectivity index (χ0n) is 10.7. The normalized spacial score (nSPS) is 9.85. The highest BCUT2D eigenvalue weighted by molar-refractivity contribution is 5.86. The number of nitrogens with zero attached hydrogens (tertiary/aromatic N) is 1. The van der Waals surface area contributed by atoms with Crippen LogP contribution in [0.4, 0.5) is 16.2 Å². The Bertz CT molecular complexity index is 638. The second-order valence-electron chi connectivity index (χ2n) is 4.14. The van der Waals surface area contributed by atoms with Crippen LogP contribution in [0.5, 0.6) is 5.75 Å². The molecule has 0 aliphatic heterocycles. The number of nitro benzene ring substituents is 1. The molecule has 20 heavy (non-hydrogen) atoms. The van der Waals surface area contributed by atoms with Gasteiger partial charge in [-0.15, -0.1) is 0 Å². The van der Waals surface area contributed by atoms with Crippen molar-refractivity contribution in [2.75, 3.05) is 5.32 Å². The van der Waals surface area contributed by atoms with Crippen LogP contribution in [0.3, 0.4) is 0 Å². The van der Waals surface area contributed by atoms with Gasteiger partial charge in [-0.25, -0.2) is 4.79 Å². The summed E-state index contributed by atoms with van der Waals surface area (Å²) in [6.45, 7) is 1.94. The van der Waals surface area contributed by atoms with Gasteiger partial charge in [0.15, 0.2) is 0 Å². The molecule has 0 saturated carbocycles. The fraction of sp³-hybridized carbons (Fsp3) is 0.0714. The van der Waals surface area contributed by atoms with Crippen molar-refractivity contribution in [2.24, 2.45) is 0 Å². The minimum Gasteiger partial charge on any atom is -0.410 e. The van der Waals surface area contributed by atoms with Crippen molar-refractivity contribution in [3.63, 3.8) is 0 Å². The number of anilines is 1. The van der Waals surface area contributed by atoms with E-state index in [0.29, 0.717) is 5.69 Å². The average Bonchev–Trinajstić information content (AvgIpc) is 2.41. The summed E-state index contributed by atoms with van der Waals surface area (Å²) in [5.41, 5.74) is 1.53. The minimum atomic E-state index is -0.700. The van der Waals surface area contributed by atoms with Crippen LogP contribution in [-0.4, -0.2) is 11.0 Å². The largest absolute Gasteiger partial charge is 0.417 e. The number of hydrogen-bond donors (Lipinski definition) is 1. The highest BCUT2D eigenvalue weighted by Crippen LogP contribution is 2.19. The predicted molar refractivity (Wildman–Crippen MR) is 73.9 cm³/mol. The zero-order chi connectivity index (χ0) is 14.5. The number of carbonyl (C=O) groups excluding carboxylic acids is 1. The van der Waals surface area contributed by atoms with E-state index >= 15 is 0 Å². The zero-order valence-corrected chi connectivity index (χ0v) is 10.7. The molecule has 102 valence electrons. The van der Waals surface area contributed by atoms with Crippen LogP contribution in [-0.2, 0) is 0 Å². The summed E-state index contributed by atoms with van der Waals surface area (Å²) in [5.74, 6) is 0.115. The monoisotopic (exact) mass is 272 g/mol. The van der Waals surface area contributed by atoms with E-state index in [2.05, 4.69) is 5.32 Å². The highest BCUT2D eigenvalue weighted by atomic mass is 16.6. The topological polar surface area (TPSA) is 81.5 Å². The summed E-state index contributed by atoms with van der Waals surface area (Å²) in [7, 11) is 0. The molecule has 6 heteroatoms. The lowest BCUT2D eigenvalue weighted by Crippen LogP contribution is -2.16. The van der Waals surface area contributed by atoms with Gasteiger partial charge < -0.3 is 4.74 Å². The Morgan fingerprint density at radius 1 is 1.20 bits per heavy atom. The summed E-state index contributed by atoms with van der Waals surface area (Å²) in [6, 6.07) is 12.6. The molecule has 0 aromatic heterocycles. The smallest absolute Gasteiger partial charge is 0.410 e. The second kappa shape index (κ2) is 5.83. The molecule has 0 bridgehead atoms. The molecule has 2 aromatic carbocycles. The molecule has 0 aliphatic rings. The molecule has 0 radical (unpaired) electrons. The lowest BCUT2D eigenvalue weighted by Gasteiger charge is -2.06. The summed E-state index contributed by atoms with van der Waals surface area (Å²) >= 11 is 0. The Hall–Kier alpha value is -2.89. The molecule has 0 heterocycles. The lowest BCUT2D eigenvalue weighted by atomic mass is 10.2. The molecule has 0 unspecified atom stereocenters. The van der Waals surface area contributed by atoms with Crippen LogP contribution in [0.1, 0.15) is 5.56 Å². The van der Waals surface area contributed by atoms with E-state index in [0.717, 1.165) is 5.56 Å². The van der Waals surface area contributed by atoms with Crippen molar-refractivity contribution in [1.29, 1.82) is 0 Å². The third-order valence-corrected chi connectivity index (χ3v) is 2.54. The molecule has 0 aliphatic carbocycles. The molecule has 6 nitrogen and oxygen atoms in total. The van der Waals surface area contributed by atoms with Gasteiger partial charge in [-0.3, -0.25) is 15.4 Å². The first-order valence-corrected chi connectivity index (χ1v) is 5.84. The van der Waals surface area contributed by atoms with Gasteiger partial charge in [0.1, 0.15) is 5.75 Å². The van der Waals surface area contributed by atoms with E-state index in [1.54, 1.807) is 12.1 Å². The Kier molecular flexibility index (Phi) is 3.95. The van der Waals surface area contributed by atoms with E-state index in [1.165, 1.54) is 24.3 Å². The maximum absolute atomic E-state index is 11.6. The summed E-state index contributed by atoms with van der Waals surface area (Å²) < 4.78 is 4.98. The molecule has 0 atom stereocenters. The van der Waals surface area contributed by atoms with E-state index in [-0.39, 0.29) is 11.4 Å². The van der Waals surface area contributed by atoms with Crippen LogP contribution in [0.25, 0.3) is 0 Å². The van der Waals surface area contributed by atoms with Gasteiger partial charge in [0, 0.05) is 11.8 Å². The maximum Gasteiger partial charge on any atom is 0.417 e. The van der Waals surface area contributed by atoms with Crippen molar-refractivity contribution in [3.05, 3.63) is 64.2 Å². The van der Waals surface area contributed by atoms with Crippen molar-refractivity contribution in [2.45, 2.75) is 6.92 Å². The summed E-state index contributed by atoms with van der Waals surface area (Å²) in [4.78, 5) is 21.7. The molecule has 1 N–H and O–H groups in total. The van der Waals surface area contributed by atoms with Crippen LogP contribution < -0.4 is 10.1 Å². The standard InChI is InChI=1S/C14H12N2O4/c1-10-5-7-11(8-6-10)15-14(17)20-13-4-2-3-12(9-13)16(18)19/h2-9H,1H3,(H,15,17). The fourth-order valence-corrected chi connectivity index (χ4v) is 1.55. The Morgan fingerprint density at radius 2 is 1.90 bits per heavy atom. The van der Waals surface area contributed by atoms with E-state index in [9.17, 15) is 14.9 Å². The number of nitrogens with one attached hydrogen (secondary N) is 1. The van der Waals surface area contributed by atoms with Gasteiger partial charge in [-0.1, -0.05) is 23.8 Å². The Balaban J connectivity index is 2.02. The van der Waals surface area contributed by atoms with Gasteiger partial charge in [0.05, 0.1) is 11.0 Å². The third-order valence-electron chi connectivity index (χ3n) is 2.54. The second-order valence-corrected chi connectivity index (χ2v) is 4.14. The molecular weight excluding hydrogens is 260 g/mol. The van der Waals surface area contributed by atoms with Gasteiger partial charge in [-0.05, 0) is 25.1 Å². The third kappa shape index (κ3) is 3.55. The van der Waals surface area contributed by atoms with Gasteiger partial charge >= 0.3 is 6.09 Å². The summed E-state index contributed by atoms with van der Waals surface area (Å²) in [5, 5.41) is 13.1. The SMILES string of the molecule is Cc1ccc(NC(=O)Oc2cccc([N+](=O)[O-])c2)cc1. The van der Waals surface area contributed by atoms with Crippen LogP contribution in [0.2, 0.25) is 0 Å². The Morgan fingerprint density at radius 3 is 2.55 bits per heavy atom. The number of rotatable bonds is 3. The molecular formula is C14H12N2O4. The quantitative estimate of drug-likeness (QED) is 0.684. The molecule has 0 spiro atoms. The first kappa shape index (κ1) is 13.5. The van der Waals surface area contributed by atoms with E-state index < -0.39 is 11.0 Å². The van der Waals surface area contributed by atoms with E-state index in [4.69, 9.17) is 4.74 Å². The molecule has 1 amide bonds. The van der Waals surface area contributed by atoms with Crippen molar-refractivity contribution in [1.82, 2.24) is 0 Å². The number of aryl methyl sites for hydroxylation is 1. The minimum absolute atomic E-state index is 0.115. The number of nitro groups is 1.